The van der Waals surface area contributed by atoms with Crippen molar-refractivity contribution in [3.63, 3.8) is 0 Å². The summed E-state index contributed by atoms with van der Waals surface area (Å²) >= 11 is 0. The van der Waals surface area contributed by atoms with Crippen molar-refractivity contribution in [2.75, 3.05) is 13.1 Å². The Balaban J connectivity index is 2.45. The van der Waals surface area contributed by atoms with Crippen LogP contribution in [0.15, 0.2) is 0 Å². The molecule has 2 unspecified atom stereocenters. The second-order valence-corrected chi connectivity index (χ2v) is 4.99. The first-order valence-corrected chi connectivity index (χ1v) is 6.78. The number of urea groups is 1. The van der Waals surface area contributed by atoms with Gasteiger partial charge < -0.3 is 15.3 Å². The largest absolute Gasteiger partial charge is 0.480 e. The van der Waals surface area contributed by atoms with Crippen molar-refractivity contribution < 1.29 is 14.7 Å². The summed E-state index contributed by atoms with van der Waals surface area (Å²) in [5.41, 5.74) is 0. The van der Waals surface area contributed by atoms with E-state index in [1.165, 1.54) is 4.90 Å². The number of piperidine rings is 1. The summed E-state index contributed by atoms with van der Waals surface area (Å²) in [5, 5.41) is 12.0. The zero-order chi connectivity index (χ0) is 14.3. The van der Waals surface area contributed by atoms with E-state index >= 15 is 0 Å². The maximum atomic E-state index is 12.0. The Labute approximate surface area is 114 Å². The third-order valence-electron chi connectivity index (χ3n) is 3.47. The van der Waals surface area contributed by atoms with Gasteiger partial charge in [0.25, 0.3) is 0 Å². The predicted molar refractivity (Wildman–Crippen MR) is 72.6 cm³/mol. The van der Waals surface area contributed by atoms with Gasteiger partial charge in [-0.2, -0.15) is 0 Å². The van der Waals surface area contributed by atoms with Crippen LogP contribution >= 0.6 is 0 Å². The van der Waals surface area contributed by atoms with Crippen LogP contribution in [0.2, 0.25) is 0 Å². The van der Waals surface area contributed by atoms with Crippen LogP contribution in [0.5, 0.6) is 0 Å². The standard InChI is InChI=1S/C14H22N2O3/c1-3-4-5-6-9-15-14(19)16-10-7-8-11(2)12(16)13(17)18/h1,11-12H,4-10H2,2H3,(H,15,19)(H,17,18). The Morgan fingerprint density at radius 3 is 2.84 bits per heavy atom. The lowest BCUT2D eigenvalue weighted by atomic mass is 9.91. The van der Waals surface area contributed by atoms with E-state index in [0.717, 1.165) is 25.7 Å². The van der Waals surface area contributed by atoms with Gasteiger partial charge in [0.2, 0.25) is 0 Å². The molecule has 0 aromatic rings. The summed E-state index contributed by atoms with van der Waals surface area (Å²) in [5.74, 6) is 1.62. The Bertz CT molecular complexity index is 362. The number of carboxylic acids is 1. The minimum Gasteiger partial charge on any atom is -0.480 e. The van der Waals surface area contributed by atoms with Gasteiger partial charge in [-0.05, 0) is 31.6 Å². The molecule has 0 aromatic carbocycles. The number of nitrogens with one attached hydrogen (secondary N) is 1. The molecule has 0 spiro atoms. The summed E-state index contributed by atoms with van der Waals surface area (Å²) in [7, 11) is 0. The molecule has 106 valence electrons. The smallest absolute Gasteiger partial charge is 0.326 e. The van der Waals surface area contributed by atoms with Gasteiger partial charge in [0.15, 0.2) is 0 Å². The lowest BCUT2D eigenvalue weighted by Crippen LogP contribution is -2.55. The Morgan fingerprint density at radius 2 is 2.21 bits per heavy atom. The third kappa shape index (κ3) is 4.47. The molecule has 19 heavy (non-hydrogen) atoms. The Morgan fingerprint density at radius 1 is 1.47 bits per heavy atom. The molecular weight excluding hydrogens is 244 g/mol. The van der Waals surface area contributed by atoms with Crippen LogP contribution in [0.4, 0.5) is 4.79 Å². The minimum atomic E-state index is -0.922. The van der Waals surface area contributed by atoms with Gasteiger partial charge in [0.1, 0.15) is 6.04 Å². The SMILES string of the molecule is C#CCCCCNC(=O)N1CCCC(C)C1C(=O)O. The second-order valence-electron chi connectivity index (χ2n) is 4.99. The highest BCUT2D eigenvalue weighted by molar-refractivity contribution is 5.83. The van der Waals surface area contributed by atoms with Gasteiger partial charge in [0, 0.05) is 19.5 Å². The predicted octanol–water partition coefficient (Wildman–Crippen LogP) is 1.68. The van der Waals surface area contributed by atoms with Crippen molar-refractivity contribution in [1.29, 1.82) is 0 Å². The minimum absolute atomic E-state index is 0.00144. The summed E-state index contributed by atoms with van der Waals surface area (Å²) in [6.07, 6.45) is 9.24. The molecule has 1 saturated heterocycles. The third-order valence-corrected chi connectivity index (χ3v) is 3.47. The summed E-state index contributed by atoms with van der Waals surface area (Å²) < 4.78 is 0. The van der Waals surface area contributed by atoms with Crippen LogP contribution in [0.1, 0.15) is 39.0 Å². The van der Waals surface area contributed by atoms with Gasteiger partial charge in [-0.15, -0.1) is 12.3 Å². The molecule has 0 aliphatic carbocycles. The molecule has 1 aliphatic rings. The number of carbonyl (C=O) groups is 2. The Kier molecular flexibility index (Phi) is 6.20. The van der Waals surface area contributed by atoms with Crippen LogP contribution in [0, 0.1) is 18.3 Å². The molecule has 2 N–H and O–H groups in total. The zero-order valence-electron chi connectivity index (χ0n) is 11.4. The summed E-state index contributed by atoms with van der Waals surface area (Å²) in [6, 6.07) is -0.987. The topological polar surface area (TPSA) is 69.6 Å². The van der Waals surface area contributed by atoms with Crippen LogP contribution in [-0.4, -0.2) is 41.1 Å². The quantitative estimate of drug-likeness (QED) is 0.587. The fourth-order valence-electron chi connectivity index (χ4n) is 2.44. The monoisotopic (exact) mass is 266 g/mol. The molecule has 0 bridgehead atoms. The van der Waals surface area contributed by atoms with E-state index in [-0.39, 0.29) is 11.9 Å². The number of carboxylic acid groups (broad SMARTS) is 1. The van der Waals surface area contributed by atoms with Gasteiger partial charge in [-0.1, -0.05) is 6.92 Å². The summed E-state index contributed by atoms with van der Waals surface area (Å²) in [4.78, 5) is 24.7. The van der Waals surface area contributed by atoms with Crippen molar-refractivity contribution in [1.82, 2.24) is 10.2 Å². The average molecular weight is 266 g/mol. The number of aliphatic carboxylic acids is 1. The number of terminal acetylenes is 1. The normalized spacial score (nSPS) is 22.6. The first kappa shape index (κ1) is 15.4. The average Bonchev–Trinajstić information content (AvgIpc) is 2.37. The molecule has 0 saturated carbocycles. The van der Waals surface area contributed by atoms with Gasteiger partial charge in [-0.25, -0.2) is 9.59 Å². The number of amides is 2. The highest BCUT2D eigenvalue weighted by Crippen LogP contribution is 2.23. The molecule has 1 rings (SSSR count). The van der Waals surface area contributed by atoms with Crippen LogP contribution in [0.3, 0.4) is 0 Å². The highest BCUT2D eigenvalue weighted by atomic mass is 16.4. The molecule has 2 amide bonds. The highest BCUT2D eigenvalue weighted by Gasteiger charge is 2.36. The first-order chi connectivity index (χ1) is 9.07. The van der Waals surface area contributed by atoms with Crippen molar-refractivity contribution in [2.45, 2.75) is 45.1 Å². The molecule has 0 radical (unpaired) electrons. The lowest BCUT2D eigenvalue weighted by molar-refractivity contribution is -0.145. The van der Waals surface area contributed by atoms with Gasteiger partial charge >= 0.3 is 12.0 Å². The molecule has 1 fully saturated rings. The van der Waals surface area contributed by atoms with Crippen LogP contribution in [0.25, 0.3) is 0 Å². The van der Waals surface area contributed by atoms with Crippen molar-refractivity contribution in [3.05, 3.63) is 0 Å². The first-order valence-electron chi connectivity index (χ1n) is 6.78. The molecule has 1 aliphatic heterocycles. The number of likely N-dealkylation sites (tertiary alicyclic amines) is 1. The van der Waals surface area contributed by atoms with E-state index < -0.39 is 12.0 Å². The second kappa shape index (κ2) is 7.67. The zero-order valence-corrected chi connectivity index (χ0v) is 11.4. The fourth-order valence-corrected chi connectivity index (χ4v) is 2.44. The number of nitrogens with zero attached hydrogens (tertiary/aromatic N) is 1. The number of hydrogen-bond acceptors (Lipinski definition) is 2. The van der Waals surface area contributed by atoms with Crippen molar-refractivity contribution >= 4 is 12.0 Å². The van der Waals surface area contributed by atoms with Gasteiger partial charge in [0.05, 0.1) is 0 Å². The molecular formula is C14H22N2O3. The lowest BCUT2D eigenvalue weighted by Gasteiger charge is -2.37. The molecule has 2 atom stereocenters. The number of carbonyl (C=O) groups excluding carboxylic acids is 1. The number of rotatable bonds is 5. The number of hydrogen-bond donors (Lipinski definition) is 2. The van der Waals surface area contributed by atoms with Crippen molar-refractivity contribution in [3.8, 4) is 12.3 Å². The van der Waals surface area contributed by atoms with E-state index in [0.29, 0.717) is 19.5 Å². The molecule has 1 heterocycles. The summed E-state index contributed by atoms with van der Waals surface area (Å²) in [6.45, 7) is 2.93. The van der Waals surface area contributed by atoms with Crippen LogP contribution < -0.4 is 5.32 Å². The number of unbranched alkanes of at least 4 members (excludes halogenated alkanes) is 2. The van der Waals surface area contributed by atoms with Gasteiger partial charge in [-0.3, -0.25) is 0 Å². The van der Waals surface area contributed by atoms with E-state index in [2.05, 4.69) is 11.2 Å². The van der Waals surface area contributed by atoms with E-state index in [9.17, 15) is 14.7 Å². The van der Waals surface area contributed by atoms with E-state index in [4.69, 9.17) is 6.42 Å². The van der Waals surface area contributed by atoms with E-state index in [1.807, 2.05) is 6.92 Å². The fraction of sp³-hybridized carbons (Fsp3) is 0.714. The molecule has 5 nitrogen and oxygen atoms in total. The Hall–Kier alpha value is -1.70. The maximum absolute atomic E-state index is 12.0. The van der Waals surface area contributed by atoms with Crippen molar-refractivity contribution in [2.24, 2.45) is 5.92 Å². The molecule has 0 aromatic heterocycles. The molecule has 5 heteroatoms. The van der Waals surface area contributed by atoms with Crippen LogP contribution in [-0.2, 0) is 4.79 Å². The van der Waals surface area contributed by atoms with E-state index in [1.54, 1.807) is 0 Å². The maximum Gasteiger partial charge on any atom is 0.326 e.